The maximum Gasteiger partial charge on any atom is 0.162 e. The SMILES string of the molecule is CC(C)(C)n1cnc(-c2ccc3c(c2)OCCO3)c1N. The molecule has 0 bridgehead atoms. The molecule has 1 aromatic carbocycles. The third kappa shape index (κ3) is 2.09. The van der Waals surface area contributed by atoms with E-state index < -0.39 is 0 Å². The Bertz CT molecular complexity index is 641. The number of nitrogen functional groups attached to an aromatic ring is 1. The summed E-state index contributed by atoms with van der Waals surface area (Å²) in [6, 6.07) is 5.79. The van der Waals surface area contributed by atoms with Gasteiger partial charge in [-0.2, -0.15) is 0 Å². The molecule has 0 fully saturated rings. The third-order valence-electron chi connectivity index (χ3n) is 3.34. The number of ether oxygens (including phenoxy) is 2. The van der Waals surface area contributed by atoms with Gasteiger partial charge in [0.15, 0.2) is 11.5 Å². The summed E-state index contributed by atoms with van der Waals surface area (Å²) in [7, 11) is 0. The van der Waals surface area contributed by atoms with Crippen LogP contribution in [0.25, 0.3) is 11.3 Å². The van der Waals surface area contributed by atoms with E-state index in [2.05, 4.69) is 25.8 Å². The monoisotopic (exact) mass is 273 g/mol. The summed E-state index contributed by atoms with van der Waals surface area (Å²) in [5.41, 5.74) is 7.85. The van der Waals surface area contributed by atoms with E-state index in [4.69, 9.17) is 15.2 Å². The minimum atomic E-state index is -0.0941. The molecule has 106 valence electrons. The van der Waals surface area contributed by atoms with Crippen molar-refractivity contribution in [1.29, 1.82) is 0 Å². The molecule has 2 heterocycles. The zero-order valence-electron chi connectivity index (χ0n) is 12.0. The Balaban J connectivity index is 2.04. The van der Waals surface area contributed by atoms with Crippen molar-refractivity contribution in [3.63, 3.8) is 0 Å². The van der Waals surface area contributed by atoms with Gasteiger partial charge in [0, 0.05) is 11.1 Å². The molecular formula is C15H19N3O2. The first-order valence-electron chi connectivity index (χ1n) is 6.70. The van der Waals surface area contributed by atoms with E-state index in [1.807, 2.05) is 22.8 Å². The van der Waals surface area contributed by atoms with Gasteiger partial charge in [-0.3, -0.25) is 0 Å². The number of nitrogens with zero attached hydrogens (tertiary/aromatic N) is 2. The lowest BCUT2D eigenvalue weighted by molar-refractivity contribution is 0.171. The maximum atomic E-state index is 6.23. The van der Waals surface area contributed by atoms with Crippen LogP contribution in [-0.2, 0) is 5.54 Å². The highest BCUT2D eigenvalue weighted by Crippen LogP contribution is 2.36. The fourth-order valence-corrected chi connectivity index (χ4v) is 2.31. The van der Waals surface area contributed by atoms with Crippen LogP contribution < -0.4 is 15.2 Å². The summed E-state index contributed by atoms with van der Waals surface area (Å²) in [5, 5.41) is 0. The Kier molecular flexibility index (Phi) is 2.85. The summed E-state index contributed by atoms with van der Waals surface area (Å²) in [6.07, 6.45) is 1.78. The lowest BCUT2D eigenvalue weighted by Crippen LogP contribution is -2.22. The van der Waals surface area contributed by atoms with Crippen molar-refractivity contribution in [2.75, 3.05) is 18.9 Å². The standard InChI is InChI=1S/C15H19N3O2/c1-15(2,3)18-9-17-13(14(18)16)10-4-5-11-12(8-10)20-7-6-19-11/h4-5,8-9H,6-7,16H2,1-3H3. The molecule has 20 heavy (non-hydrogen) atoms. The van der Waals surface area contributed by atoms with Crippen molar-refractivity contribution in [3.05, 3.63) is 24.5 Å². The number of nitrogens with two attached hydrogens (primary N) is 1. The second-order valence-electron chi connectivity index (χ2n) is 5.88. The Morgan fingerprint density at radius 3 is 2.50 bits per heavy atom. The third-order valence-corrected chi connectivity index (χ3v) is 3.34. The summed E-state index contributed by atoms with van der Waals surface area (Å²) in [5.74, 6) is 2.18. The van der Waals surface area contributed by atoms with Crippen molar-refractivity contribution in [2.45, 2.75) is 26.3 Å². The van der Waals surface area contributed by atoms with Crippen LogP contribution in [-0.4, -0.2) is 22.8 Å². The molecule has 0 amide bonds. The number of fused-ring (bicyclic) bond motifs is 1. The van der Waals surface area contributed by atoms with Crippen molar-refractivity contribution in [3.8, 4) is 22.8 Å². The van der Waals surface area contributed by atoms with E-state index in [1.54, 1.807) is 6.33 Å². The highest BCUT2D eigenvalue weighted by atomic mass is 16.6. The molecule has 2 aromatic rings. The van der Waals surface area contributed by atoms with Gasteiger partial charge < -0.3 is 19.8 Å². The van der Waals surface area contributed by atoms with Gasteiger partial charge in [0.25, 0.3) is 0 Å². The Hall–Kier alpha value is -2.17. The van der Waals surface area contributed by atoms with E-state index in [-0.39, 0.29) is 5.54 Å². The fourth-order valence-electron chi connectivity index (χ4n) is 2.31. The average Bonchev–Trinajstić information content (AvgIpc) is 2.80. The maximum absolute atomic E-state index is 6.23. The molecule has 1 aromatic heterocycles. The number of rotatable bonds is 1. The van der Waals surface area contributed by atoms with Gasteiger partial charge in [-0.05, 0) is 39.0 Å². The Morgan fingerprint density at radius 2 is 1.85 bits per heavy atom. The van der Waals surface area contributed by atoms with Crippen LogP contribution in [0.15, 0.2) is 24.5 Å². The van der Waals surface area contributed by atoms with Crippen LogP contribution in [0.4, 0.5) is 5.82 Å². The number of imidazole rings is 1. The van der Waals surface area contributed by atoms with Crippen molar-refractivity contribution in [1.82, 2.24) is 9.55 Å². The molecule has 0 unspecified atom stereocenters. The van der Waals surface area contributed by atoms with E-state index in [1.165, 1.54) is 0 Å². The zero-order valence-corrected chi connectivity index (χ0v) is 12.0. The minimum absolute atomic E-state index is 0.0941. The van der Waals surface area contributed by atoms with E-state index in [0.29, 0.717) is 19.0 Å². The second kappa shape index (κ2) is 4.44. The van der Waals surface area contributed by atoms with Crippen molar-refractivity contribution >= 4 is 5.82 Å². The number of aromatic nitrogens is 2. The lowest BCUT2D eigenvalue weighted by Gasteiger charge is -2.22. The largest absolute Gasteiger partial charge is 0.486 e. The average molecular weight is 273 g/mol. The molecule has 2 N–H and O–H groups in total. The number of benzene rings is 1. The smallest absolute Gasteiger partial charge is 0.162 e. The van der Waals surface area contributed by atoms with Crippen LogP contribution in [0.5, 0.6) is 11.5 Å². The molecule has 0 atom stereocenters. The van der Waals surface area contributed by atoms with Crippen LogP contribution in [0, 0.1) is 0 Å². The molecule has 1 aliphatic rings. The first kappa shape index (κ1) is 12.8. The summed E-state index contributed by atoms with van der Waals surface area (Å²) >= 11 is 0. The summed E-state index contributed by atoms with van der Waals surface area (Å²) in [4.78, 5) is 4.44. The minimum Gasteiger partial charge on any atom is -0.486 e. The molecule has 0 aliphatic carbocycles. The van der Waals surface area contributed by atoms with Crippen molar-refractivity contribution < 1.29 is 9.47 Å². The molecule has 1 aliphatic heterocycles. The van der Waals surface area contributed by atoms with Crippen molar-refractivity contribution in [2.24, 2.45) is 0 Å². The van der Waals surface area contributed by atoms with Crippen LogP contribution >= 0.6 is 0 Å². The molecule has 3 rings (SSSR count). The lowest BCUT2D eigenvalue weighted by atomic mass is 10.1. The van der Waals surface area contributed by atoms with E-state index >= 15 is 0 Å². The zero-order chi connectivity index (χ0) is 14.3. The highest BCUT2D eigenvalue weighted by molar-refractivity contribution is 5.73. The normalized spacial score (nSPS) is 14.3. The van der Waals surface area contributed by atoms with Crippen LogP contribution in [0.3, 0.4) is 0 Å². The number of hydrogen-bond acceptors (Lipinski definition) is 4. The van der Waals surface area contributed by atoms with Gasteiger partial charge in [0.2, 0.25) is 0 Å². The first-order valence-corrected chi connectivity index (χ1v) is 6.70. The molecular weight excluding hydrogens is 254 g/mol. The van der Waals surface area contributed by atoms with Crippen LogP contribution in [0.1, 0.15) is 20.8 Å². The van der Waals surface area contributed by atoms with E-state index in [0.717, 1.165) is 22.8 Å². The Morgan fingerprint density at radius 1 is 1.15 bits per heavy atom. The van der Waals surface area contributed by atoms with Gasteiger partial charge in [-0.15, -0.1) is 0 Å². The molecule has 0 spiro atoms. The topological polar surface area (TPSA) is 62.3 Å². The predicted molar refractivity (Wildman–Crippen MR) is 78.1 cm³/mol. The number of hydrogen-bond donors (Lipinski definition) is 1. The quantitative estimate of drug-likeness (QED) is 0.867. The van der Waals surface area contributed by atoms with Gasteiger partial charge in [0.05, 0.1) is 6.33 Å². The molecule has 5 heteroatoms. The van der Waals surface area contributed by atoms with Gasteiger partial charge in [-0.1, -0.05) is 0 Å². The summed E-state index contributed by atoms with van der Waals surface area (Å²) in [6.45, 7) is 7.45. The highest BCUT2D eigenvalue weighted by Gasteiger charge is 2.20. The second-order valence-corrected chi connectivity index (χ2v) is 5.88. The molecule has 0 radical (unpaired) electrons. The molecule has 5 nitrogen and oxygen atoms in total. The van der Waals surface area contributed by atoms with Crippen LogP contribution in [0.2, 0.25) is 0 Å². The van der Waals surface area contributed by atoms with E-state index in [9.17, 15) is 0 Å². The molecule has 0 saturated carbocycles. The van der Waals surface area contributed by atoms with Gasteiger partial charge in [0.1, 0.15) is 24.7 Å². The molecule has 0 saturated heterocycles. The predicted octanol–water partition coefficient (Wildman–Crippen LogP) is 2.66. The van der Waals surface area contributed by atoms with Gasteiger partial charge >= 0.3 is 0 Å². The Labute approximate surface area is 118 Å². The van der Waals surface area contributed by atoms with Gasteiger partial charge in [-0.25, -0.2) is 4.98 Å². The number of anilines is 1. The summed E-state index contributed by atoms with van der Waals surface area (Å²) < 4.78 is 13.1. The first-order chi connectivity index (χ1) is 9.47. The fraction of sp³-hybridized carbons (Fsp3) is 0.400.